The number of nitrogens with zero attached hydrogens (tertiary/aromatic N) is 2. The minimum atomic E-state index is 0.109. The Bertz CT molecular complexity index is 391. The Morgan fingerprint density at radius 2 is 2.06 bits per heavy atom. The van der Waals surface area contributed by atoms with Crippen LogP contribution in [0.3, 0.4) is 0 Å². The summed E-state index contributed by atoms with van der Waals surface area (Å²) in [6, 6.07) is 4.44. The van der Waals surface area contributed by atoms with Gasteiger partial charge in [-0.2, -0.15) is 0 Å². The fraction of sp³-hybridized carbons (Fsp3) is 0.615. The summed E-state index contributed by atoms with van der Waals surface area (Å²) >= 11 is 0. The molecule has 0 bridgehead atoms. The van der Waals surface area contributed by atoms with Crippen molar-refractivity contribution < 1.29 is 4.79 Å². The molecule has 4 heteroatoms. The van der Waals surface area contributed by atoms with E-state index < -0.39 is 0 Å². The molecule has 1 aromatic heterocycles. The Balaban J connectivity index is 2.03. The van der Waals surface area contributed by atoms with E-state index in [0.717, 1.165) is 31.4 Å². The van der Waals surface area contributed by atoms with E-state index in [0.29, 0.717) is 12.1 Å². The molecule has 1 amide bonds. The summed E-state index contributed by atoms with van der Waals surface area (Å²) in [5, 5.41) is 0. The average Bonchev–Trinajstić information content (AvgIpc) is 2.74. The van der Waals surface area contributed by atoms with E-state index in [1.54, 1.807) is 0 Å². The van der Waals surface area contributed by atoms with Crippen molar-refractivity contribution in [1.29, 1.82) is 0 Å². The second kappa shape index (κ2) is 4.92. The van der Waals surface area contributed by atoms with Crippen LogP contribution < -0.4 is 5.73 Å². The summed E-state index contributed by atoms with van der Waals surface area (Å²) in [5.74, 6) is 0.109. The van der Waals surface area contributed by atoms with Crippen LogP contribution in [0.4, 0.5) is 0 Å². The highest BCUT2D eigenvalue weighted by Gasteiger charge is 2.26. The van der Waals surface area contributed by atoms with Gasteiger partial charge in [-0.1, -0.05) is 0 Å². The fourth-order valence-electron chi connectivity index (χ4n) is 2.52. The molecule has 1 aromatic rings. The number of amides is 1. The molecule has 0 saturated heterocycles. The summed E-state index contributed by atoms with van der Waals surface area (Å²) in [6.45, 7) is 0. The Morgan fingerprint density at radius 1 is 1.41 bits per heavy atom. The first-order valence-corrected chi connectivity index (χ1v) is 6.23. The standard InChI is InChI=1S/C13H21N3O/c1-15-9-3-4-12(15)13(17)16(2)11-7-5-10(14)6-8-11/h3-4,9-11H,5-8,14H2,1-2H3. The molecular formula is C13H21N3O. The molecule has 0 radical (unpaired) electrons. The summed E-state index contributed by atoms with van der Waals surface area (Å²) in [4.78, 5) is 14.2. The smallest absolute Gasteiger partial charge is 0.270 e. The Morgan fingerprint density at radius 3 is 2.59 bits per heavy atom. The number of aromatic nitrogens is 1. The quantitative estimate of drug-likeness (QED) is 0.841. The van der Waals surface area contributed by atoms with Gasteiger partial charge in [-0.25, -0.2) is 0 Å². The van der Waals surface area contributed by atoms with Crippen LogP contribution in [0.25, 0.3) is 0 Å². The van der Waals surface area contributed by atoms with Crippen molar-refractivity contribution in [3.63, 3.8) is 0 Å². The lowest BCUT2D eigenvalue weighted by Gasteiger charge is -2.33. The zero-order valence-electron chi connectivity index (χ0n) is 10.6. The molecule has 0 aromatic carbocycles. The predicted molar refractivity (Wildman–Crippen MR) is 67.7 cm³/mol. The molecule has 2 rings (SSSR count). The van der Waals surface area contributed by atoms with Crippen LogP contribution in [-0.4, -0.2) is 34.5 Å². The van der Waals surface area contributed by atoms with E-state index >= 15 is 0 Å². The zero-order valence-corrected chi connectivity index (χ0v) is 10.6. The summed E-state index contributed by atoms with van der Waals surface area (Å²) in [5.41, 5.74) is 6.64. The van der Waals surface area contributed by atoms with Crippen LogP contribution in [0.2, 0.25) is 0 Å². The third-order valence-corrected chi connectivity index (χ3v) is 3.77. The Labute approximate surface area is 102 Å². The van der Waals surface area contributed by atoms with Gasteiger partial charge in [0.25, 0.3) is 5.91 Å². The van der Waals surface area contributed by atoms with E-state index in [1.165, 1.54) is 0 Å². The molecule has 4 nitrogen and oxygen atoms in total. The maximum atomic E-state index is 12.3. The van der Waals surface area contributed by atoms with E-state index in [-0.39, 0.29) is 5.91 Å². The van der Waals surface area contributed by atoms with Crippen molar-refractivity contribution in [2.75, 3.05) is 7.05 Å². The maximum Gasteiger partial charge on any atom is 0.270 e. The fourth-order valence-corrected chi connectivity index (χ4v) is 2.52. The number of carbonyl (C=O) groups excluding carboxylic acids is 1. The van der Waals surface area contributed by atoms with Gasteiger partial charge < -0.3 is 15.2 Å². The SMILES string of the molecule is CN(C(=O)c1cccn1C)C1CCC(N)CC1. The number of nitrogens with two attached hydrogens (primary N) is 1. The normalized spacial score (nSPS) is 24.6. The van der Waals surface area contributed by atoms with Gasteiger partial charge in [0.1, 0.15) is 5.69 Å². The van der Waals surface area contributed by atoms with Crippen molar-refractivity contribution in [2.45, 2.75) is 37.8 Å². The van der Waals surface area contributed by atoms with Crippen molar-refractivity contribution >= 4 is 5.91 Å². The summed E-state index contributed by atoms with van der Waals surface area (Å²) < 4.78 is 1.87. The van der Waals surface area contributed by atoms with E-state index in [4.69, 9.17) is 5.73 Å². The Hall–Kier alpha value is -1.29. The van der Waals surface area contributed by atoms with E-state index in [1.807, 2.05) is 41.9 Å². The highest BCUT2D eigenvalue weighted by Crippen LogP contribution is 2.22. The molecule has 1 aliphatic rings. The second-order valence-electron chi connectivity index (χ2n) is 4.99. The molecule has 1 fully saturated rings. The van der Waals surface area contributed by atoms with Gasteiger partial charge in [-0.15, -0.1) is 0 Å². The van der Waals surface area contributed by atoms with Gasteiger partial charge >= 0.3 is 0 Å². The number of carbonyl (C=O) groups is 1. The van der Waals surface area contributed by atoms with Crippen molar-refractivity contribution in [2.24, 2.45) is 12.8 Å². The van der Waals surface area contributed by atoms with Crippen molar-refractivity contribution in [3.05, 3.63) is 24.0 Å². The molecule has 1 heterocycles. The van der Waals surface area contributed by atoms with Crippen LogP contribution in [0, 0.1) is 0 Å². The molecule has 0 unspecified atom stereocenters. The summed E-state index contributed by atoms with van der Waals surface area (Å²) in [6.07, 6.45) is 5.99. The number of hydrogen-bond donors (Lipinski definition) is 1. The van der Waals surface area contributed by atoms with Crippen LogP contribution in [0.15, 0.2) is 18.3 Å². The molecule has 94 valence electrons. The van der Waals surface area contributed by atoms with E-state index in [2.05, 4.69) is 0 Å². The molecule has 0 aliphatic heterocycles. The molecule has 0 atom stereocenters. The lowest BCUT2D eigenvalue weighted by atomic mass is 9.91. The van der Waals surface area contributed by atoms with Gasteiger partial charge in [-0.3, -0.25) is 4.79 Å². The first kappa shape index (κ1) is 12.2. The largest absolute Gasteiger partial charge is 0.347 e. The second-order valence-corrected chi connectivity index (χ2v) is 4.99. The molecule has 2 N–H and O–H groups in total. The highest BCUT2D eigenvalue weighted by molar-refractivity contribution is 5.92. The first-order valence-electron chi connectivity index (χ1n) is 6.23. The zero-order chi connectivity index (χ0) is 12.4. The van der Waals surface area contributed by atoms with Gasteiger partial charge in [0.15, 0.2) is 0 Å². The topological polar surface area (TPSA) is 51.3 Å². The highest BCUT2D eigenvalue weighted by atomic mass is 16.2. The lowest BCUT2D eigenvalue weighted by molar-refractivity contribution is 0.0680. The number of rotatable bonds is 2. The lowest BCUT2D eigenvalue weighted by Crippen LogP contribution is -2.42. The number of aryl methyl sites for hydroxylation is 1. The van der Waals surface area contributed by atoms with Crippen molar-refractivity contribution in [1.82, 2.24) is 9.47 Å². The number of hydrogen-bond acceptors (Lipinski definition) is 2. The maximum absolute atomic E-state index is 12.3. The minimum Gasteiger partial charge on any atom is -0.347 e. The molecule has 1 aliphatic carbocycles. The van der Waals surface area contributed by atoms with Gasteiger partial charge in [0, 0.05) is 32.4 Å². The molecule has 1 saturated carbocycles. The van der Waals surface area contributed by atoms with Crippen LogP contribution in [0.1, 0.15) is 36.2 Å². The molecule has 17 heavy (non-hydrogen) atoms. The van der Waals surface area contributed by atoms with Gasteiger partial charge in [0.2, 0.25) is 0 Å². The van der Waals surface area contributed by atoms with Crippen molar-refractivity contribution in [3.8, 4) is 0 Å². The predicted octanol–water partition coefficient (Wildman–Crippen LogP) is 1.37. The third kappa shape index (κ3) is 2.52. The van der Waals surface area contributed by atoms with Crippen LogP contribution in [0.5, 0.6) is 0 Å². The average molecular weight is 235 g/mol. The first-order chi connectivity index (χ1) is 8.09. The Kier molecular flexibility index (Phi) is 3.52. The van der Waals surface area contributed by atoms with Gasteiger partial charge in [0.05, 0.1) is 0 Å². The molecule has 0 spiro atoms. The minimum absolute atomic E-state index is 0.109. The van der Waals surface area contributed by atoms with Crippen LogP contribution >= 0.6 is 0 Å². The summed E-state index contributed by atoms with van der Waals surface area (Å²) in [7, 11) is 3.80. The monoisotopic (exact) mass is 235 g/mol. The van der Waals surface area contributed by atoms with Gasteiger partial charge in [-0.05, 0) is 37.8 Å². The molecular weight excluding hydrogens is 214 g/mol. The third-order valence-electron chi connectivity index (χ3n) is 3.77. The van der Waals surface area contributed by atoms with E-state index in [9.17, 15) is 4.79 Å². The van der Waals surface area contributed by atoms with Crippen LogP contribution in [-0.2, 0) is 7.05 Å².